The van der Waals surface area contributed by atoms with E-state index in [9.17, 15) is 0 Å². The topological polar surface area (TPSA) is 9.72 Å². The first-order valence-electron chi connectivity index (χ1n) is 6.06. The van der Waals surface area contributed by atoms with Gasteiger partial charge in [-0.05, 0) is 19.3 Å². The lowest BCUT2D eigenvalue weighted by atomic mass is 10.4. The number of hydrazine groups is 1. The van der Waals surface area contributed by atoms with Crippen molar-refractivity contribution in [3.05, 3.63) is 24.4 Å². The molecule has 0 radical (unpaired) electrons. The molecule has 0 aromatic carbocycles. The highest BCUT2D eigenvalue weighted by Gasteiger charge is 2.30. The Morgan fingerprint density at radius 3 is 2.60 bits per heavy atom. The molecule has 0 saturated carbocycles. The lowest BCUT2D eigenvalue weighted by Gasteiger charge is -2.37. The molecular weight excluding hydrogens is 186 g/mol. The molecule has 1 fully saturated rings. The van der Waals surface area contributed by atoms with Crippen LogP contribution >= 0.6 is 0 Å². The van der Waals surface area contributed by atoms with Crippen molar-refractivity contribution in [1.29, 1.82) is 0 Å². The standard InChI is InChI=1S/C12H19N3/c1-2-8-13(7-1)12-6-5-11-15(12)14-9-3-4-10-14/h3,5-6,9,12H,1-2,4,7-8,10-11H2. The summed E-state index contributed by atoms with van der Waals surface area (Å²) in [7, 11) is 0. The van der Waals surface area contributed by atoms with Gasteiger partial charge in [0.15, 0.2) is 0 Å². The first kappa shape index (κ1) is 9.43. The molecule has 0 bridgehead atoms. The molecule has 3 aliphatic rings. The van der Waals surface area contributed by atoms with E-state index < -0.39 is 0 Å². The highest BCUT2D eigenvalue weighted by atomic mass is 15.7. The highest BCUT2D eigenvalue weighted by Crippen LogP contribution is 2.23. The second-order valence-corrected chi connectivity index (χ2v) is 4.54. The van der Waals surface area contributed by atoms with Gasteiger partial charge in [0, 0.05) is 32.4 Å². The molecule has 3 nitrogen and oxygen atoms in total. The Morgan fingerprint density at radius 2 is 1.87 bits per heavy atom. The second kappa shape index (κ2) is 3.99. The monoisotopic (exact) mass is 205 g/mol. The Balaban J connectivity index is 1.70. The molecule has 0 aromatic heterocycles. The molecule has 0 N–H and O–H groups in total. The SMILES string of the molecule is C1=CN(N2CC=CC2N2CCCC2)CC1. The van der Waals surface area contributed by atoms with Gasteiger partial charge in [0.2, 0.25) is 0 Å². The van der Waals surface area contributed by atoms with Gasteiger partial charge in [0.25, 0.3) is 0 Å². The van der Waals surface area contributed by atoms with Crippen LogP contribution in [0, 0.1) is 0 Å². The van der Waals surface area contributed by atoms with Gasteiger partial charge in [-0.25, -0.2) is 0 Å². The maximum atomic E-state index is 2.59. The summed E-state index contributed by atoms with van der Waals surface area (Å²) >= 11 is 0. The Kier molecular flexibility index (Phi) is 2.51. The fourth-order valence-corrected chi connectivity index (χ4v) is 2.76. The van der Waals surface area contributed by atoms with Gasteiger partial charge >= 0.3 is 0 Å². The summed E-state index contributed by atoms with van der Waals surface area (Å²) in [5.41, 5.74) is 0. The van der Waals surface area contributed by atoms with E-state index in [4.69, 9.17) is 0 Å². The molecule has 1 unspecified atom stereocenters. The van der Waals surface area contributed by atoms with E-state index in [0.717, 1.165) is 13.1 Å². The van der Waals surface area contributed by atoms with Crippen molar-refractivity contribution in [2.24, 2.45) is 0 Å². The molecule has 82 valence electrons. The van der Waals surface area contributed by atoms with E-state index in [1.165, 1.54) is 32.4 Å². The van der Waals surface area contributed by atoms with Gasteiger partial charge in [-0.3, -0.25) is 4.90 Å². The van der Waals surface area contributed by atoms with Gasteiger partial charge in [0.1, 0.15) is 0 Å². The maximum Gasteiger partial charge on any atom is 0.0998 e. The molecule has 1 saturated heterocycles. The third-order valence-corrected chi connectivity index (χ3v) is 3.55. The van der Waals surface area contributed by atoms with Crippen molar-refractivity contribution in [3.8, 4) is 0 Å². The average Bonchev–Trinajstić information content (AvgIpc) is 3.01. The van der Waals surface area contributed by atoms with Crippen molar-refractivity contribution in [3.63, 3.8) is 0 Å². The average molecular weight is 205 g/mol. The number of likely N-dealkylation sites (tertiary alicyclic amines) is 1. The van der Waals surface area contributed by atoms with Crippen molar-refractivity contribution in [2.75, 3.05) is 26.2 Å². The lowest BCUT2D eigenvalue weighted by molar-refractivity contribution is -0.0329. The van der Waals surface area contributed by atoms with Crippen LogP contribution in [0.3, 0.4) is 0 Å². The zero-order chi connectivity index (χ0) is 10.1. The summed E-state index contributed by atoms with van der Waals surface area (Å²) in [6, 6.07) is 0. The third kappa shape index (κ3) is 1.70. The number of rotatable bonds is 2. The molecule has 0 aromatic rings. The molecule has 3 rings (SSSR count). The van der Waals surface area contributed by atoms with Crippen LogP contribution in [-0.4, -0.2) is 47.3 Å². The predicted octanol–water partition coefficient (Wildman–Crippen LogP) is 1.41. The van der Waals surface area contributed by atoms with Crippen molar-refractivity contribution >= 4 is 0 Å². The fourth-order valence-electron chi connectivity index (χ4n) is 2.76. The van der Waals surface area contributed by atoms with Crippen LogP contribution in [0.2, 0.25) is 0 Å². The van der Waals surface area contributed by atoms with Crippen LogP contribution in [0.4, 0.5) is 0 Å². The van der Waals surface area contributed by atoms with Crippen LogP contribution < -0.4 is 0 Å². The van der Waals surface area contributed by atoms with E-state index >= 15 is 0 Å². The molecule has 15 heavy (non-hydrogen) atoms. The molecule has 0 amide bonds. The molecule has 0 aliphatic carbocycles. The van der Waals surface area contributed by atoms with Crippen molar-refractivity contribution < 1.29 is 0 Å². The Morgan fingerprint density at radius 1 is 1.00 bits per heavy atom. The largest absolute Gasteiger partial charge is 0.311 e. The van der Waals surface area contributed by atoms with Crippen LogP contribution in [0.5, 0.6) is 0 Å². The Labute approximate surface area is 91.6 Å². The van der Waals surface area contributed by atoms with Crippen LogP contribution in [-0.2, 0) is 0 Å². The van der Waals surface area contributed by atoms with E-state index in [2.05, 4.69) is 39.3 Å². The minimum absolute atomic E-state index is 0.523. The molecular formula is C12H19N3. The minimum atomic E-state index is 0.523. The van der Waals surface area contributed by atoms with Gasteiger partial charge in [-0.2, -0.15) is 5.01 Å². The Bertz CT molecular complexity index is 279. The van der Waals surface area contributed by atoms with E-state index in [0.29, 0.717) is 6.17 Å². The van der Waals surface area contributed by atoms with E-state index in [1.807, 2.05) is 0 Å². The van der Waals surface area contributed by atoms with Crippen LogP contribution in [0.15, 0.2) is 24.4 Å². The van der Waals surface area contributed by atoms with Gasteiger partial charge < -0.3 is 5.01 Å². The quantitative estimate of drug-likeness (QED) is 0.631. The Hall–Kier alpha value is -0.800. The van der Waals surface area contributed by atoms with Crippen LogP contribution in [0.25, 0.3) is 0 Å². The van der Waals surface area contributed by atoms with Gasteiger partial charge in [-0.1, -0.05) is 18.2 Å². The molecule has 3 heteroatoms. The normalized spacial score (nSPS) is 32.3. The highest BCUT2D eigenvalue weighted by molar-refractivity contribution is 5.05. The van der Waals surface area contributed by atoms with Crippen molar-refractivity contribution in [2.45, 2.75) is 25.4 Å². The first-order chi connectivity index (χ1) is 7.45. The summed E-state index contributed by atoms with van der Waals surface area (Å²) in [6.07, 6.45) is 13.6. The minimum Gasteiger partial charge on any atom is -0.311 e. The molecule has 3 heterocycles. The summed E-state index contributed by atoms with van der Waals surface area (Å²) in [5.74, 6) is 0. The molecule has 1 atom stereocenters. The third-order valence-electron chi connectivity index (χ3n) is 3.55. The van der Waals surface area contributed by atoms with Gasteiger partial charge in [0.05, 0.1) is 6.17 Å². The van der Waals surface area contributed by atoms with Crippen LogP contribution in [0.1, 0.15) is 19.3 Å². The molecule has 0 spiro atoms. The second-order valence-electron chi connectivity index (χ2n) is 4.54. The van der Waals surface area contributed by atoms with E-state index in [-0.39, 0.29) is 0 Å². The lowest BCUT2D eigenvalue weighted by Crippen LogP contribution is -2.49. The fraction of sp³-hybridized carbons (Fsp3) is 0.667. The molecule has 3 aliphatic heterocycles. The number of nitrogens with zero attached hydrogens (tertiary/aromatic N) is 3. The summed E-state index contributed by atoms with van der Waals surface area (Å²) in [6.45, 7) is 4.77. The number of hydrogen-bond donors (Lipinski definition) is 0. The predicted molar refractivity (Wildman–Crippen MR) is 60.9 cm³/mol. The summed E-state index contributed by atoms with van der Waals surface area (Å²) in [4.78, 5) is 2.59. The first-order valence-corrected chi connectivity index (χ1v) is 6.06. The summed E-state index contributed by atoms with van der Waals surface area (Å²) in [5, 5.41) is 4.86. The smallest absolute Gasteiger partial charge is 0.0998 e. The summed E-state index contributed by atoms with van der Waals surface area (Å²) < 4.78 is 0. The zero-order valence-corrected chi connectivity index (χ0v) is 9.18. The zero-order valence-electron chi connectivity index (χ0n) is 9.18. The van der Waals surface area contributed by atoms with E-state index in [1.54, 1.807) is 0 Å². The number of hydrogen-bond acceptors (Lipinski definition) is 3. The maximum absolute atomic E-state index is 2.59. The van der Waals surface area contributed by atoms with Gasteiger partial charge in [-0.15, -0.1) is 0 Å². The van der Waals surface area contributed by atoms with Crippen molar-refractivity contribution in [1.82, 2.24) is 14.9 Å².